The van der Waals surface area contributed by atoms with Gasteiger partial charge in [-0.2, -0.15) is 0 Å². The first kappa shape index (κ1) is 34.7. The zero-order valence-electron chi connectivity index (χ0n) is 26.7. The first-order valence-corrected chi connectivity index (χ1v) is 16.6. The fourth-order valence-electron chi connectivity index (χ4n) is 4.81. The predicted octanol–water partition coefficient (Wildman–Crippen LogP) is 10.4. The van der Waals surface area contributed by atoms with Crippen LogP contribution in [0.25, 0.3) is 0 Å². The SMILES string of the molecule is CCCCCCCCCOc1ccc(C(=O)Oc2cccc(OC(=O)c3ccc(OCCCCCCCCC)cc3)c2)cc1. The van der Waals surface area contributed by atoms with Crippen molar-refractivity contribution in [2.75, 3.05) is 13.2 Å². The topological polar surface area (TPSA) is 71.1 Å². The number of carbonyl (C=O) groups is 2. The van der Waals surface area contributed by atoms with Crippen molar-refractivity contribution in [3.63, 3.8) is 0 Å². The molecule has 0 saturated heterocycles. The van der Waals surface area contributed by atoms with Crippen molar-refractivity contribution in [2.24, 2.45) is 0 Å². The molecule has 0 N–H and O–H groups in total. The minimum Gasteiger partial charge on any atom is -0.494 e. The van der Waals surface area contributed by atoms with E-state index in [-0.39, 0.29) is 11.5 Å². The third kappa shape index (κ3) is 13.7. The summed E-state index contributed by atoms with van der Waals surface area (Å²) in [6.07, 6.45) is 17.2. The molecule has 3 rings (SSSR count). The van der Waals surface area contributed by atoms with Crippen molar-refractivity contribution < 1.29 is 28.5 Å². The maximum atomic E-state index is 12.7. The van der Waals surface area contributed by atoms with Crippen LogP contribution in [0.15, 0.2) is 72.8 Å². The van der Waals surface area contributed by atoms with Crippen LogP contribution in [0.4, 0.5) is 0 Å². The molecular formula is C38H50O6. The van der Waals surface area contributed by atoms with Gasteiger partial charge in [0.15, 0.2) is 0 Å². The Hall–Kier alpha value is -3.80. The van der Waals surface area contributed by atoms with E-state index in [9.17, 15) is 9.59 Å². The van der Waals surface area contributed by atoms with Crippen LogP contribution < -0.4 is 18.9 Å². The number of unbranched alkanes of at least 4 members (excludes halogenated alkanes) is 12. The molecule has 0 radical (unpaired) electrons. The number of esters is 2. The molecule has 238 valence electrons. The van der Waals surface area contributed by atoms with E-state index in [0.717, 1.165) is 24.3 Å². The van der Waals surface area contributed by atoms with E-state index in [4.69, 9.17) is 18.9 Å². The molecule has 6 nitrogen and oxygen atoms in total. The minimum atomic E-state index is -0.501. The Morgan fingerprint density at radius 2 is 0.818 bits per heavy atom. The Bertz CT molecular complexity index is 1130. The van der Waals surface area contributed by atoms with Gasteiger partial charge in [0.05, 0.1) is 24.3 Å². The zero-order chi connectivity index (χ0) is 31.2. The second-order valence-corrected chi connectivity index (χ2v) is 11.2. The molecule has 6 heteroatoms. The number of benzene rings is 3. The predicted molar refractivity (Wildman–Crippen MR) is 176 cm³/mol. The van der Waals surface area contributed by atoms with Gasteiger partial charge in [0.25, 0.3) is 0 Å². The molecule has 0 unspecified atom stereocenters. The highest BCUT2D eigenvalue weighted by Gasteiger charge is 2.13. The van der Waals surface area contributed by atoms with Crippen molar-refractivity contribution in [3.8, 4) is 23.0 Å². The average molecular weight is 603 g/mol. The van der Waals surface area contributed by atoms with E-state index in [2.05, 4.69) is 13.8 Å². The molecule has 0 amide bonds. The van der Waals surface area contributed by atoms with E-state index in [1.807, 2.05) is 0 Å². The standard InChI is InChI=1S/C38H50O6/c1-3-5-7-9-11-13-15-28-41-33-24-20-31(21-25-33)37(39)43-35-18-17-19-36(30-35)44-38(40)32-22-26-34(27-23-32)42-29-16-14-12-10-8-6-4-2/h17-27,30H,3-16,28-29H2,1-2H3. The lowest BCUT2D eigenvalue weighted by Crippen LogP contribution is -2.10. The molecule has 3 aromatic rings. The number of ether oxygens (including phenoxy) is 4. The minimum absolute atomic E-state index is 0.286. The maximum absolute atomic E-state index is 12.7. The zero-order valence-corrected chi connectivity index (χ0v) is 26.7. The molecule has 0 aliphatic rings. The summed E-state index contributed by atoms with van der Waals surface area (Å²) in [6.45, 7) is 5.79. The summed E-state index contributed by atoms with van der Waals surface area (Å²) >= 11 is 0. The lowest BCUT2D eigenvalue weighted by atomic mass is 10.1. The van der Waals surface area contributed by atoms with Crippen LogP contribution >= 0.6 is 0 Å². The molecule has 44 heavy (non-hydrogen) atoms. The molecule has 0 aromatic heterocycles. The van der Waals surface area contributed by atoms with E-state index in [1.54, 1.807) is 66.7 Å². The molecule has 0 aliphatic carbocycles. The largest absolute Gasteiger partial charge is 0.494 e. The Kier molecular flexibility index (Phi) is 16.5. The molecule has 0 aliphatic heterocycles. The normalized spacial score (nSPS) is 10.8. The summed E-state index contributed by atoms with van der Waals surface area (Å²) in [5.74, 6) is 1.03. The lowest BCUT2D eigenvalue weighted by molar-refractivity contribution is 0.0733. The van der Waals surface area contributed by atoms with Gasteiger partial charge in [0.2, 0.25) is 0 Å². The van der Waals surface area contributed by atoms with Crippen molar-refractivity contribution in [2.45, 2.75) is 104 Å². The highest BCUT2D eigenvalue weighted by Crippen LogP contribution is 2.23. The summed E-state index contributed by atoms with van der Waals surface area (Å²) in [5, 5.41) is 0. The van der Waals surface area contributed by atoms with E-state index in [0.29, 0.717) is 24.3 Å². The molecule has 0 saturated carbocycles. The third-order valence-corrected chi connectivity index (χ3v) is 7.44. The number of carbonyl (C=O) groups excluding carboxylic acids is 2. The maximum Gasteiger partial charge on any atom is 0.343 e. The summed E-state index contributed by atoms with van der Waals surface area (Å²) in [7, 11) is 0. The van der Waals surface area contributed by atoms with Gasteiger partial charge in [-0.1, -0.05) is 97.0 Å². The second-order valence-electron chi connectivity index (χ2n) is 11.2. The first-order chi connectivity index (χ1) is 21.6. The van der Waals surface area contributed by atoms with Gasteiger partial charge in [-0.25, -0.2) is 9.59 Å². The molecule has 0 heterocycles. The van der Waals surface area contributed by atoms with Gasteiger partial charge in [-0.3, -0.25) is 0 Å². The van der Waals surface area contributed by atoms with Crippen molar-refractivity contribution >= 4 is 11.9 Å². The Morgan fingerprint density at radius 3 is 1.20 bits per heavy atom. The van der Waals surface area contributed by atoms with Crippen molar-refractivity contribution in [1.29, 1.82) is 0 Å². The number of hydrogen-bond acceptors (Lipinski definition) is 6. The van der Waals surface area contributed by atoms with Crippen molar-refractivity contribution in [3.05, 3.63) is 83.9 Å². The van der Waals surface area contributed by atoms with Crippen LogP contribution in [0.3, 0.4) is 0 Å². The fourth-order valence-corrected chi connectivity index (χ4v) is 4.81. The van der Waals surface area contributed by atoms with Gasteiger partial charge < -0.3 is 18.9 Å². The highest BCUT2D eigenvalue weighted by molar-refractivity contribution is 5.92. The van der Waals surface area contributed by atoms with E-state index >= 15 is 0 Å². The average Bonchev–Trinajstić information content (AvgIpc) is 3.04. The summed E-state index contributed by atoms with van der Waals surface area (Å²) in [5.41, 5.74) is 0.815. The Labute approximate surface area is 264 Å². The van der Waals surface area contributed by atoms with Crippen LogP contribution in [0, 0.1) is 0 Å². The quantitative estimate of drug-likeness (QED) is 0.0647. The summed E-state index contributed by atoms with van der Waals surface area (Å²) in [6, 6.07) is 20.4. The third-order valence-electron chi connectivity index (χ3n) is 7.44. The molecule has 0 spiro atoms. The van der Waals surface area contributed by atoms with Crippen molar-refractivity contribution in [1.82, 2.24) is 0 Å². The summed E-state index contributed by atoms with van der Waals surface area (Å²) in [4.78, 5) is 25.4. The van der Waals surface area contributed by atoms with Crippen LogP contribution in [0.5, 0.6) is 23.0 Å². The smallest absolute Gasteiger partial charge is 0.343 e. The first-order valence-electron chi connectivity index (χ1n) is 16.6. The molecule has 0 atom stereocenters. The Balaban J connectivity index is 1.38. The van der Waals surface area contributed by atoms with Gasteiger partial charge in [-0.15, -0.1) is 0 Å². The van der Waals surface area contributed by atoms with Gasteiger partial charge >= 0.3 is 11.9 Å². The molecule has 0 bridgehead atoms. The number of rotatable bonds is 22. The number of hydrogen-bond donors (Lipinski definition) is 0. The van der Waals surface area contributed by atoms with Gasteiger partial charge in [0, 0.05) is 6.07 Å². The lowest BCUT2D eigenvalue weighted by Gasteiger charge is -2.09. The fraction of sp³-hybridized carbons (Fsp3) is 0.474. The van der Waals surface area contributed by atoms with Crippen LogP contribution in [-0.2, 0) is 0 Å². The van der Waals surface area contributed by atoms with Crippen LogP contribution in [-0.4, -0.2) is 25.2 Å². The molecular weight excluding hydrogens is 552 g/mol. The van der Waals surface area contributed by atoms with Gasteiger partial charge in [0.1, 0.15) is 23.0 Å². The van der Waals surface area contributed by atoms with E-state index < -0.39 is 11.9 Å². The molecule has 0 fully saturated rings. The summed E-state index contributed by atoms with van der Waals surface area (Å²) < 4.78 is 22.7. The second kappa shape index (κ2) is 21.0. The molecule has 3 aromatic carbocycles. The van der Waals surface area contributed by atoms with E-state index in [1.165, 1.54) is 83.1 Å². The Morgan fingerprint density at radius 1 is 0.455 bits per heavy atom. The van der Waals surface area contributed by atoms with Crippen LogP contribution in [0.2, 0.25) is 0 Å². The highest BCUT2D eigenvalue weighted by atomic mass is 16.5. The van der Waals surface area contributed by atoms with Gasteiger partial charge in [-0.05, 0) is 73.5 Å². The monoisotopic (exact) mass is 602 g/mol. The van der Waals surface area contributed by atoms with Crippen LogP contribution in [0.1, 0.15) is 124 Å².